The van der Waals surface area contributed by atoms with Gasteiger partial charge < -0.3 is 10.1 Å². The Bertz CT molecular complexity index is 542. The van der Waals surface area contributed by atoms with Crippen molar-refractivity contribution in [2.45, 2.75) is 51.7 Å². The van der Waals surface area contributed by atoms with Crippen molar-refractivity contribution in [1.29, 1.82) is 0 Å². The molecular formula is C15H23N3OS. The second-order valence-corrected chi connectivity index (χ2v) is 6.38. The van der Waals surface area contributed by atoms with Crippen molar-refractivity contribution < 1.29 is 4.74 Å². The third-order valence-corrected chi connectivity index (χ3v) is 4.79. The Morgan fingerprint density at radius 2 is 2.25 bits per heavy atom. The van der Waals surface area contributed by atoms with Crippen molar-refractivity contribution in [2.75, 3.05) is 13.2 Å². The molecule has 2 heterocycles. The van der Waals surface area contributed by atoms with Crippen LogP contribution in [-0.4, -0.2) is 28.6 Å². The lowest BCUT2D eigenvalue weighted by Crippen LogP contribution is -2.24. The molecule has 2 aromatic rings. The number of rotatable bonds is 6. The lowest BCUT2D eigenvalue weighted by Gasteiger charge is -2.22. The molecule has 0 spiro atoms. The predicted molar refractivity (Wildman–Crippen MR) is 82.3 cm³/mol. The summed E-state index contributed by atoms with van der Waals surface area (Å²) in [5.74, 6) is 0. The highest BCUT2D eigenvalue weighted by molar-refractivity contribution is 7.15. The van der Waals surface area contributed by atoms with Crippen molar-refractivity contribution in [3.63, 3.8) is 0 Å². The predicted octanol–water partition coefficient (Wildman–Crippen LogP) is 3.14. The van der Waals surface area contributed by atoms with Gasteiger partial charge in [0.1, 0.15) is 0 Å². The molecular weight excluding hydrogens is 270 g/mol. The fraction of sp³-hybridized carbons (Fsp3) is 0.667. The summed E-state index contributed by atoms with van der Waals surface area (Å²) in [6.07, 6.45) is 9.15. The van der Waals surface area contributed by atoms with E-state index in [0.717, 1.165) is 30.4 Å². The van der Waals surface area contributed by atoms with Crippen molar-refractivity contribution in [2.24, 2.45) is 0 Å². The molecule has 1 N–H and O–H groups in total. The zero-order chi connectivity index (χ0) is 13.8. The maximum absolute atomic E-state index is 5.92. The smallest absolute Gasteiger partial charge is 0.194 e. The lowest BCUT2D eigenvalue weighted by atomic mass is 9.98. The Morgan fingerprint density at radius 3 is 3.10 bits per heavy atom. The van der Waals surface area contributed by atoms with Crippen LogP contribution in [0.3, 0.4) is 0 Å². The fourth-order valence-corrected chi connectivity index (χ4v) is 3.67. The Hall–Kier alpha value is -0.910. The van der Waals surface area contributed by atoms with Crippen LogP contribution in [0, 0.1) is 6.92 Å². The number of ether oxygens (including phenoxy) is 1. The zero-order valence-electron chi connectivity index (χ0n) is 12.1. The van der Waals surface area contributed by atoms with Crippen molar-refractivity contribution >= 4 is 16.3 Å². The van der Waals surface area contributed by atoms with E-state index in [1.54, 1.807) is 11.3 Å². The Kier molecular flexibility index (Phi) is 4.70. The van der Waals surface area contributed by atoms with Crippen LogP contribution in [0.4, 0.5) is 0 Å². The molecule has 0 saturated heterocycles. The zero-order valence-corrected chi connectivity index (χ0v) is 12.9. The van der Waals surface area contributed by atoms with Crippen molar-refractivity contribution in [3.8, 4) is 0 Å². The van der Waals surface area contributed by atoms with Crippen LogP contribution in [-0.2, 0) is 11.3 Å². The average Bonchev–Trinajstić information content (AvgIpc) is 3.02. The molecule has 3 rings (SSSR count). The summed E-state index contributed by atoms with van der Waals surface area (Å²) >= 11 is 1.68. The average molecular weight is 293 g/mol. The number of hydrogen-bond acceptors (Lipinski definition) is 4. The number of fused-ring (bicyclic) bond motifs is 1. The van der Waals surface area contributed by atoms with E-state index in [9.17, 15) is 0 Å². The SMILES string of the molecule is Cc1nc2sccn2c1CNCCOC1CCCCC1. The van der Waals surface area contributed by atoms with Crippen LogP contribution in [0.15, 0.2) is 11.6 Å². The molecule has 0 aliphatic heterocycles. The Balaban J connectivity index is 1.41. The summed E-state index contributed by atoms with van der Waals surface area (Å²) in [5.41, 5.74) is 2.39. The third-order valence-electron chi connectivity index (χ3n) is 4.04. The molecule has 4 nitrogen and oxygen atoms in total. The highest BCUT2D eigenvalue weighted by Gasteiger charge is 2.13. The second kappa shape index (κ2) is 6.70. The van der Waals surface area contributed by atoms with E-state index < -0.39 is 0 Å². The third kappa shape index (κ3) is 3.22. The number of hydrogen-bond donors (Lipinski definition) is 1. The van der Waals surface area contributed by atoms with Gasteiger partial charge in [-0.2, -0.15) is 0 Å². The molecule has 0 atom stereocenters. The van der Waals surface area contributed by atoms with Crippen LogP contribution in [0.2, 0.25) is 0 Å². The molecule has 5 heteroatoms. The number of thiazole rings is 1. The van der Waals surface area contributed by atoms with Gasteiger partial charge in [-0.1, -0.05) is 19.3 Å². The van der Waals surface area contributed by atoms with Gasteiger partial charge in [0.25, 0.3) is 0 Å². The van der Waals surface area contributed by atoms with Crippen LogP contribution in [0.25, 0.3) is 4.96 Å². The second-order valence-electron chi connectivity index (χ2n) is 5.51. The largest absolute Gasteiger partial charge is 0.377 e. The molecule has 1 aliphatic carbocycles. The van der Waals surface area contributed by atoms with E-state index in [4.69, 9.17) is 4.74 Å². The quantitative estimate of drug-likeness (QED) is 0.832. The van der Waals surface area contributed by atoms with E-state index in [-0.39, 0.29) is 0 Å². The number of imidazole rings is 1. The van der Waals surface area contributed by atoms with Crippen molar-refractivity contribution in [3.05, 3.63) is 23.0 Å². The molecule has 1 fully saturated rings. The summed E-state index contributed by atoms with van der Waals surface area (Å²) in [4.78, 5) is 5.64. The molecule has 2 aromatic heterocycles. The fourth-order valence-electron chi connectivity index (χ4n) is 2.89. The molecule has 20 heavy (non-hydrogen) atoms. The van der Waals surface area contributed by atoms with E-state index in [0.29, 0.717) is 6.10 Å². The minimum atomic E-state index is 0.505. The van der Waals surface area contributed by atoms with Crippen LogP contribution in [0.1, 0.15) is 43.5 Å². The summed E-state index contributed by atoms with van der Waals surface area (Å²) in [5, 5.41) is 5.55. The highest BCUT2D eigenvalue weighted by Crippen LogP contribution is 2.20. The molecule has 1 aliphatic rings. The minimum absolute atomic E-state index is 0.505. The summed E-state index contributed by atoms with van der Waals surface area (Å²) in [6.45, 7) is 4.66. The first-order chi connectivity index (χ1) is 9.84. The van der Waals surface area contributed by atoms with E-state index in [1.165, 1.54) is 37.8 Å². The van der Waals surface area contributed by atoms with Crippen molar-refractivity contribution in [1.82, 2.24) is 14.7 Å². The van der Waals surface area contributed by atoms with Crippen LogP contribution in [0.5, 0.6) is 0 Å². The van der Waals surface area contributed by atoms with Gasteiger partial charge in [-0.3, -0.25) is 4.40 Å². The molecule has 0 unspecified atom stereocenters. The van der Waals surface area contributed by atoms with Gasteiger partial charge in [0, 0.05) is 24.7 Å². The van der Waals surface area contributed by atoms with Gasteiger partial charge in [0.15, 0.2) is 4.96 Å². The summed E-state index contributed by atoms with van der Waals surface area (Å²) in [6, 6.07) is 0. The Morgan fingerprint density at radius 1 is 1.40 bits per heavy atom. The molecule has 0 aromatic carbocycles. The number of nitrogens with zero attached hydrogens (tertiary/aromatic N) is 2. The molecule has 110 valence electrons. The van der Waals surface area contributed by atoms with Crippen LogP contribution >= 0.6 is 11.3 Å². The van der Waals surface area contributed by atoms with Gasteiger partial charge in [-0.15, -0.1) is 11.3 Å². The van der Waals surface area contributed by atoms with Gasteiger partial charge in [-0.05, 0) is 19.8 Å². The number of aromatic nitrogens is 2. The Labute approximate surface area is 124 Å². The van der Waals surface area contributed by atoms with Gasteiger partial charge >= 0.3 is 0 Å². The standard InChI is InChI=1S/C15H23N3OS/c1-12-14(18-8-10-20-15(18)17-12)11-16-7-9-19-13-5-3-2-4-6-13/h8,10,13,16H,2-7,9,11H2,1H3. The minimum Gasteiger partial charge on any atom is -0.377 e. The first-order valence-electron chi connectivity index (χ1n) is 7.58. The van der Waals surface area contributed by atoms with E-state index in [2.05, 4.69) is 33.2 Å². The molecule has 0 radical (unpaired) electrons. The first-order valence-corrected chi connectivity index (χ1v) is 8.46. The molecule has 0 bridgehead atoms. The monoisotopic (exact) mass is 293 g/mol. The van der Waals surface area contributed by atoms with Gasteiger partial charge in [0.05, 0.1) is 24.1 Å². The topological polar surface area (TPSA) is 38.6 Å². The maximum atomic E-state index is 5.92. The number of aryl methyl sites for hydroxylation is 1. The molecule has 0 amide bonds. The highest BCUT2D eigenvalue weighted by atomic mass is 32.1. The first kappa shape index (κ1) is 14.0. The summed E-state index contributed by atoms with van der Waals surface area (Å²) < 4.78 is 8.10. The number of nitrogens with one attached hydrogen (secondary N) is 1. The van der Waals surface area contributed by atoms with Gasteiger partial charge in [-0.25, -0.2) is 4.98 Å². The lowest BCUT2D eigenvalue weighted by molar-refractivity contribution is 0.0302. The molecule has 1 saturated carbocycles. The maximum Gasteiger partial charge on any atom is 0.194 e. The van der Waals surface area contributed by atoms with E-state index >= 15 is 0 Å². The summed E-state index contributed by atoms with van der Waals surface area (Å²) in [7, 11) is 0. The van der Waals surface area contributed by atoms with Gasteiger partial charge in [0.2, 0.25) is 0 Å². The van der Waals surface area contributed by atoms with Crippen LogP contribution < -0.4 is 5.32 Å². The van der Waals surface area contributed by atoms with E-state index in [1.807, 2.05) is 0 Å². The normalized spacial score (nSPS) is 17.1.